The van der Waals surface area contributed by atoms with Gasteiger partial charge in [-0.2, -0.15) is 8.42 Å². The minimum Gasteiger partial charge on any atom is -0.496 e. The Morgan fingerprint density at radius 3 is 2.63 bits per heavy atom. The maximum atomic E-state index is 13.4. The highest BCUT2D eigenvalue weighted by atomic mass is 32.2. The molecule has 1 aliphatic carbocycles. The number of benzene rings is 1. The number of carbonyl (C=O) groups excluding carboxylic acids is 1. The molecule has 2 aliphatic heterocycles. The minimum absolute atomic E-state index is 0.00153. The van der Waals surface area contributed by atoms with E-state index >= 15 is 0 Å². The third-order valence-electron chi connectivity index (χ3n) is 5.98. The molecule has 0 bridgehead atoms. The van der Waals surface area contributed by atoms with Gasteiger partial charge in [-0.05, 0) is 36.5 Å². The topological polar surface area (TPSA) is 88.1 Å². The number of rotatable bonds is 5. The first-order chi connectivity index (χ1) is 14.4. The molecule has 0 spiro atoms. The summed E-state index contributed by atoms with van der Waals surface area (Å²) < 4.78 is 46.1. The molecule has 1 saturated carbocycles. The molecule has 8 heteroatoms. The average Bonchev–Trinajstić information content (AvgIpc) is 2.93. The number of hydrogen-bond acceptors (Lipinski definition) is 7. The lowest BCUT2D eigenvalue weighted by molar-refractivity contribution is -0.128. The number of Topliss-reactive ketones (excluding diaryl/α,β-unsaturated/α-hetero) is 1. The summed E-state index contributed by atoms with van der Waals surface area (Å²) in [7, 11) is -3.57. The summed E-state index contributed by atoms with van der Waals surface area (Å²) in [6.45, 7) is 3.23. The van der Waals surface area contributed by atoms with Crippen LogP contribution in [0.4, 0.5) is 0 Å². The first kappa shape index (κ1) is 21.2. The van der Waals surface area contributed by atoms with E-state index in [1.165, 1.54) is 6.26 Å². The van der Waals surface area contributed by atoms with Crippen molar-refractivity contribution in [2.75, 3.05) is 19.5 Å². The van der Waals surface area contributed by atoms with Gasteiger partial charge in [-0.3, -0.25) is 8.98 Å². The summed E-state index contributed by atoms with van der Waals surface area (Å²) in [6.07, 6.45) is 5.19. The summed E-state index contributed by atoms with van der Waals surface area (Å²) in [5.74, 6) is 1.04. The van der Waals surface area contributed by atoms with E-state index in [0.717, 1.165) is 31.1 Å². The number of ether oxygens (including phenoxy) is 3. The van der Waals surface area contributed by atoms with Crippen LogP contribution < -0.4 is 9.47 Å². The fourth-order valence-electron chi connectivity index (χ4n) is 4.61. The van der Waals surface area contributed by atoms with Crippen LogP contribution in [0.2, 0.25) is 0 Å². The zero-order valence-electron chi connectivity index (χ0n) is 17.3. The van der Waals surface area contributed by atoms with Crippen LogP contribution in [0.3, 0.4) is 0 Å². The second-order valence-corrected chi connectivity index (χ2v) is 9.85. The van der Waals surface area contributed by atoms with Crippen LogP contribution in [0.1, 0.15) is 44.6 Å². The van der Waals surface area contributed by atoms with E-state index in [2.05, 4.69) is 0 Å². The summed E-state index contributed by atoms with van der Waals surface area (Å²) in [5.41, 5.74) is 1.26. The van der Waals surface area contributed by atoms with Gasteiger partial charge in [0.1, 0.15) is 6.10 Å². The standard InChI is InChI=1S/C22H28O7S/c1-3-5-15-10-16-20(12-19(15)29-30(2,24)25)28-13-17(22(16)23)14-6-7-18-21(11-14)27-9-4-8-26-18/h6-7,11,13,15-16,19-20H,3-5,8-10,12H2,1-2H3. The number of fused-ring (bicyclic) bond motifs is 2. The summed E-state index contributed by atoms with van der Waals surface area (Å²) in [4.78, 5) is 13.4. The molecule has 1 fully saturated rings. The van der Waals surface area contributed by atoms with Crippen molar-refractivity contribution < 1.29 is 31.6 Å². The van der Waals surface area contributed by atoms with Crippen molar-refractivity contribution in [3.8, 4) is 11.5 Å². The lowest BCUT2D eigenvalue weighted by atomic mass is 9.71. The molecule has 4 unspecified atom stereocenters. The van der Waals surface area contributed by atoms with Gasteiger partial charge in [0.25, 0.3) is 10.1 Å². The second-order valence-electron chi connectivity index (χ2n) is 8.25. The Hall–Kier alpha value is -2.06. The first-order valence-electron chi connectivity index (χ1n) is 10.5. The molecule has 0 aromatic heterocycles. The van der Waals surface area contributed by atoms with Gasteiger partial charge in [-0.25, -0.2) is 0 Å². The van der Waals surface area contributed by atoms with Crippen molar-refractivity contribution in [3.63, 3.8) is 0 Å². The molecular weight excluding hydrogens is 408 g/mol. The average molecular weight is 437 g/mol. The quantitative estimate of drug-likeness (QED) is 0.654. The lowest BCUT2D eigenvalue weighted by Gasteiger charge is -2.41. The Balaban J connectivity index is 1.57. The molecule has 4 atom stereocenters. The van der Waals surface area contributed by atoms with Crippen molar-refractivity contribution in [2.45, 2.75) is 51.2 Å². The first-order valence-corrected chi connectivity index (χ1v) is 12.4. The summed E-state index contributed by atoms with van der Waals surface area (Å²) >= 11 is 0. The molecule has 2 heterocycles. The van der Waals surface area contributed by atoms with E-state index in [1.54, 1.807) is 0 Å². The number of ketones is 1. The van der Waals surface area contributed by atoms with Gasteiger partial charge in [0, 0.05) is 12.8 Å². The predicted octanol–water partition coefficient (Wildman–Crippen LogP) is 3.33. The molecule has 0 N–H and O–H groups in total. The monoisotopic (exact) mass is 436 g/mol. The Morgan fingerprint density at radius 2 is 1.90 bits per heavy atom. The lowest BCUT2D eigenvalue weighted by Crippen LogP contribution is -2.46. The highest BCUT2D eigenvalue weighted by Crippen LogP contribution is 2.42. The summed E-state index contributed by atoms with van der Waals surface area (Å²) in [5, 5.41) is 0. The third kappa shape index (κ3) is 4.49. The Morgan fingerprint density at radius 1 is 1.13 bits per heavy atom. The van der Waals surface area contributed by atoms with Crippen LogP contribution in [0, 0.1) is 11.8 Å². The maximum Gasteiger partial charge on any atom is 0.264 e. The molecule has 0 amide bonds. The number of hydrogen-bond donors (Lipinski definition) is 0. The van der Waals surface area contributed by atoms with Gasteiger partial charge in [0.15, 0.2) is 17.3 Å². The third-order valence-corrected chi connectivity index (χ3v) is 6.57. The fourth-order valence-corrected chi connectivity index (χ4v) is 5.30. The largest absolute Gasteiger partial charge is 0.496 e. The molecule has 4 rings (SSSR count). The van der Waals surface area contributed by atoms with Gasteiger partial charge < -0.3 is 14.2 Å². The fraction of sp³-hybridized carbons (Fsp3) is 0.591. The Bertz CT molecular complexity index is 937. The van der Waals surface area contributed by atoms with Crippen LogP contribution in [0.5, 0.6) is 11.5 Å². The number of allylic oxidation sites excluding steroid dienone is 1. The van der Waals surface area contributed by atoms with Gasteiger partial charge in [-0.1, -0.05) is 19.4 Å². The normalized spacial score (nSPS) is 28.7. The Kier molecular flexibility index (Phi) is 6.06. The summed E-state index contributed by atoms with van der Waals surface area (Å²) in [6, 6.07) is 5.51. The second kappa shape index (κ2) is 8.59. The van der Waals surface area contributed by atoms with E-state index in [0.29, 0.717) is 43.1 Å². The molecule has 0 saturated heterocycles. The maximum absolute atomic E-state index is 13.4. The predicted molar refractivity (Wildman–Crippen MR) is 111 cm³/mol. The van der Waals surface area contributed by atoms with Crippen molar-refractivity contribution in [1.29, 1.82) is 0 Å². The van der Waals surface area contributed by atoms with Crippen LogP contribution in [0.25, 0.3) is 5.57 Å². The Labute approximate surface area is 177 Å². The molecular formula is C22H28O7S. The SMILES string of the molecule is CCCC1CC2C(=O)C(c3ccc4c(c3)OCCCO4)=COC2CC1OS(C)(=O)=O. The van der Waals surface area contributed by atoms with Crippen molar-refractivity contribution >= 4 is 21.5 Å². The van der Waals surface area contributed by atoms with Gasteiger partial charge in [-0.15, -0.1) is 0 Å². The molecule has 0 radical (unpaired) electrons. The van der Waals surface area contributed by atoms with E-state index in [-0.39, 0.29) is 23.7 Å². The zero-order valence-corrected chi connectivity index (χ0v) is 18.2. The molecule has 30 heavy (non-hydrogen) atoms. The van der Waals surface area contributed by atoms with Crippen LogP contribution >= 0.6 is 0 Å². The van der Waals surface area contributed by atoms with E-state index in [9.17, 15) is 13.2 Å². The van der Waals surface area contributed by atoms with Crippen LogP contribution in [0.15, 0.2) is 24.5 Å². The highest BCUT2D eigenvalue weighted by molar-refractivity contribution is 7.86. The van der Waals surface area contributed by atoms with E-state index in [1.807, 2.05) is 25.1 Å². The number of carbonyl (C=O) groups is 1. The van der Waals surface area contributed by atoms with E-state index in [4.69, 9.17) is 18.4 Å². The van der Waals surface area contributed by atoms with Gasteiger partial charge in [0.05, 0.1) is 43.3 Å². The molecule has 7 nitrogen and oxygen atoms in total. The minimum atomic E-state index is -3.57. The zero-order chi connectivity index (χ0) is 21.3. The van der Waals surface area contributed by atoms with Crippen molar-refractivity contribution in [1.82, 2.24) is 0 Å². The molecule has 3 aliphatic rings. The molecule has 1 aromatic rings. The smallest absolute Gasteiger partial charge is 0.264 e. The molecule has 164 valence electrons. The molecule has 1 aromatic carbocycles. The highest BCUT2D eigenvalue weighted by Gasteiger charge is 2.45. The van der Waals surface area contributed by atoms with Gasteiger partial charge >= 0.3 is 0 Å². The van der Waals surface area contributed by atoms with Crippen LogP contribution in [-0.2, 0) is 23.8 Å². The van der Waals surface area contributed by atoms with Gasteiger partial charge in [0.2, 0.25) is 0 Å². The van der Waals surface area contributed by atoms with Crippen molar-refractivity contribution in [3.05, 3.63) is 30.0 Å². The van der Waals surface area contributed by atoms with E-state index < -0.39 is 16.2 Å². The van der Waals surface area contributed by atoms with Crippen molar-refractivity contribution in [2.24, 2.45) is 11.8 Å². The van der Waals surface area contributed by atoms with Crippen LogP contribution in [-0.4, -0.2) is 45.9 Å².